The first kappa shape index (κ1) is 20.7. The summed E-state index contributed by atoms with van der Waals surface area (Å²) in [5.74, 6) is -0.885. The van der Waals surface area contributed by atoms with Gasteiger partial charge in [0.15, 0.2) is 0 Å². The Hall–Kier alpha value is -4.19. The van der Waals surface area contributed by atoms with Crippen molar-refractivity contribution < 1.29 is 14.4 Å². The highest BCUT2D eigenvalue weighted by Crippen LogP contribution is 2.40. The topological polar surface area (TPSA) is 69.7 Å². The van der Waals surface area contributed by atoms with E-state index in [0.717, 1.165) is 28.8 Å². The fraction of sp³-hybridized carbons (Fsp3) is 0.148. The first-order valence-electron chi connectivity index (χ1n) is 10.9. The summed E-state index contributed by atoms with van der Waals surface area (Å²) in [6, 6.07) is 22.4. The van der Waals surface area contributed by atoms with Gasteiger partial charge in [0.25, 0.3) is 11.8 Å². The van der Waals surface area contributed by atoms with Gasteiger partial charge in [0, 0.05) is 24.8 Å². The van der Waals surface area contributed by atoms with Crippen LogP contribution in [0.15, 0.2) is 78.5 Å². The monoisotopic (exact) mass is 437 g/mol. The molecule has 0 aromatic heterocycles. The van der Waals surface area contributed by atoms with Crippen molar-refractivity contribution in [3.05, 3.63) is 95.2 Å². The van der Waals surface area contributed by atoms with E-state index in [9.17, 15) is 14.4 Å². The number of carbonyl (C=O) groups excluding carboxylic acids is 3. The maximum atomic E-state index is 13.8. The summed E-state index contributed by atoms with van der Waals surface area (Å²) in [6.07, 6.45) is 0.813. The van der Waals surface area contributed by atoms with Gasteiger partial charge in [-0.25, -0.2) is 4.90 Å². The van der Waals surface area contributed by atoms with E-state index in [-0.39, 0.29) is 17.7 Å². The minimum atomic E-state index is -0.351. The number of nitrogens with one attached hydrogen (secondary N) is 1. The van der Waals surface area contributed by atoms with Crippen LogP contribution in [0.5, 0.6) is 0 Å². The third kappa shape index (κ3) is 3.59. The van der Waals surface area contributed by atoms with Gasteiger partial charge in [-0.2, -0.15) is 0 Å². The lowest BCUT2D eigenvalue weighted by molar-refractivity contribution is -0.120. The highest BCUT2D eigenvalue weighted by molar-refractivity contribution is 6.46. The molecular formula is C27H23N3O3. The van der Waals surface area contributed by atoms with Gasteiger partial charge in [0.1, 0.15) is 5.70 Å². The molecule has 0 aliphatic carbocycles. The maximum Gasteiger partial charge on any atom is 0.282 e. The van der Waals surface area contributed by atoms with E-state index in [2.05, 4.69) is 11.4 Å². The molecule has 33 heavy (non-hydrogen) atoms. The molecule has 6 nitrogen and oxygen atoms in total. The van der Waals surface area contributed by atoms with Crippen molar-refractivity contribution in [3.8, 4) is 0 Å². The van der Waals surface area contributed by atoms with Crippen LogP contribution in [0.4, 0.5) is 17.1 Å². The number of nitrogens with zero attached hydrogens (tertiary/aromatic N) is 2. The van der Waals surface area contributed by atoms with Gasteiger partial charge in [-0.1, -0.05) is 48.0 Å². The van der Waals surface area contributed by atoms with Crippen LogP contribution >= 0.6 is 0 Å². The lowest BCUT2D eigenvalue weighted by Gasteiger charge is -2.22. The van der Waals surface area contributed by atoms with E-state index in [0.29, 0.717) is 29.2 Å². The van der Waals surface area contributed by atoms with Crippen LogP contribution in [-0.4, -0.2) is 24.3 Å². The number of hydrogen-bond donors (Lipinski definition) is 1. The average Bonchev–Trinajstić information content (AvgIpc) is 3.33. The van der Waals surface area contributed by atoms with Crippen molar-refractivity contribution in [1.82, 2.24) is 0 Å². The Morgan fingerprint density at radius 3 is 2.27 bits per heavy atom. The largest absolute Gasteiger partial charge is 0.336 e. The zero-order valence-electron chi connectivity index (χ0n) is 18.5. The molecule has 0 radical (unpaired) electrons. The Morgan fingerprint density at radius 2 is 1.58 bits per heavy atom. The average molecular weight is 437 g/mol. The summed E-state index contributed by atoms with van der Waals surface area (Å²) < 4.78 is 0. The quantitative estimate of drug-likeness (QED) is 0.618. The highest BCUT2D eigenvalue weighted by atomic mass is 16.2. The number of hydrogen-bond acceptors (Lipinski definition) is 4. The molecule has 3 aromatic rings. The molecule has 0 saturated carbocycles. The minimum Gasteiger partial charge on any atom is -0.336 e. The number of para-hydroxylation sites is 1. The van der Waals surface area contributed by atoms with Gasteiger partial charge in [-0.15, -0.1) is 0 Å². The van der Waals surface area contributed by atoms with Crippen molar-refractivity contribution in [2.75, 3.05) is 21.7 Å². The summed E-state index contributed by atoms with van der Waals surface area (Å²) in [4.78, 5) is 42.0. The Bertz CT molecular complexity index is 1310. The molecule has 1 N–H and O–H groups in total. The number of benzene rings is 3. The first-order valence-corrected chi connectivity index (χ1v) is 10.9. The second-order valence-corrected chi connectivity index (χ2v) is 8.29. The molecule has 5 rings (SSSR count). The van der Waals surface area contributed by atoms with E-state index >= 15 is 0 Å². The van der Waals surface area contributed by atoms with Crippen LogP contribution in [0.25, 0.3) is 5.57 Å². The van der Waals surface area contributed by atoms with Crippen molar-refractivity contribution in [2.24, 2.45) is 0 Å². The van der Waals surface area contributed by atoms with Gasteiger partial charge in [0.2, 0.25) is 5.91 Å². The molecule has 0 atom stereocenters. The second-order valence-electron chi connectivity index (χ2n) is 8.29. The number of amides is 3. The van der Waals surface area contributed by atoms with E-state index in [1.807, 2.05) is 54.3 Å². The number of aryl methyl sites for hydroxylation is 1. The number of carbonyl (C=O) groups is 3. The smallest absolute Gasteiger partial charge is 0.282 e. The molecule has 3 aromatic carbocycles. The summed E-state index contributed by atoms with van der Waals surface area (Å²) >= 11 is 0. The highest BCUT2D eigenvalue weighted by Gasteiger charge is 2.44. The SMILES string of the molecule is CC(=O)Nc1ccc(N2C(=O)C(c3ccc(C)cc3)=C(N3CCc4ccccc43)C2=O)cc1. The Kier molecular flexibility index (Phi) is 5.05. The first-order chi connectivity index (χ1) is 15.9. The van der Waals surface area contributed by atoms with E-state index < -0.39 is 0 Å². The van der Waals surface area contributed by atoms with Crippen molar-refractivity contribution in [2.45, 2.75) is 20.3 Å². The fourth-order valence-corrected chi connectivity index (χ4v) is 4.45. The Labute approximate surface area is 192 Å². The van der Waals surface area contributed by atoms with Crippen LogP contribution in [0.3, 0.4) is 0 Å². The summed E-state index contributed by atoms with van der Waals surface area (Å²) in [5, 5.41) is 2.70. The molecule has 164 valence electrons. The number of imide groups is 1. The van der Waals surface area contributed by atoms with Crippen molar-refractivity contribution >= 4 is 40.4 Å². The lowest BCUT2D eigenvalue weighted by atomic mass is 10.0. The summed E-state index contributed by atoms with van der Waals surface area (Å²) in [5.41, 5.74) is 5.79. The number of rotatable bonds is 4. The zero-order valence-corrected chi connectivity index (χ0v) is 18.5. The van der Waals surface area contributed by atoms with Crippen LogP contribution in [0, 0.1) is 6.92 Å². The summed E-state index contributed by atoms with van der Waals surface area (Å²) in [7, 11) is 0. The molecule has 6 heteroatoms. The maximum absolute atomic E-state index is 13.8. The molecule has 0 saturated heterocycles. The minimum absolute atomic E-state index is 0.186. The van der Waals surface area contributed by atoms with Gasteiger partial charge in [0.05, 0.1) is 11.3 Å². The third-order valence-corrected chi connectivity index (χ3v) is 6.00. The second kappa shape index (κ2) is 8.06. The zero-order chi connectivity index (χ0) is 23.1. The number of fused-ring (bicyclic) bond motifs is 1. The van der Waals surface area contributed by atoms with E-state index in [1.54, 1.807) is 24.3 Å². The van der Waals surface area contributed by atoms with Gasteiger partial charge in [-0.3, -0.25) is 14.4 Å². The van der Waals surface area contributed by atoms with Crippen molar-refractivity contribution in [3.63, 3.8) is 0 Å². The molecule has 0 spiro atoms. The van der Waals surface area contributed by atoms with Gasteiger partial charge < -0.3 is 10.2 Å². The van der Waals surface area contributed by atoms with E-state index in [4.69, 9.17) is 0 Å². The fourth-order valence-electron chi connectivity index (χ4n) is 4.45. The van der Waals surface area contributed by atoms with Crippen LogP contribution < -0.4 is 15.1 Å². The molecule has 0 bridgehead atoms. The predicted octanol–water partition coefficient (Wildman–Crippen LogP) is 4.30. The van der Waals surface area contributed by atoms with Gasteiger partial charge >= 0.3 is 0 Å². The van der Waals surface area contributed by atoms with Crippen LogP contribution in [-0.2, 0) is 20.8 Å². The van der Waals surface area contributed by atoms with Crippen LogP contribution in [0.1, 0.15) is 23.6 Å². The number of anilines is 3. The van der Waals surface area contributed by atoms with Crippen molar-refractivity contribution in [1.29, 1.82) is 0 Å². The van der Waals surface area contributed by atoms with Gasteiger partial charge in [-0.05, 0) is 54.8 Å². The Morgan fingerprint density at radius 1 is 0.879 bits per heavy atom. The molecule has 0 fully saturated rings. The molecule has 2 aliphatic rings. The normalized spacial score (nSPS) is 15.3. The summed E-state index contributed by atoms with van der Waals surface area (Å²) in [6.45, 7) is 4.05. The van der Waals surface area contributed by atoms with E-state index in [1.165, 1.54) is 11.8 Å². The lowest BCUT2D eigenvalue weighted by Crippen LogP contribution is -2.34. The standard InChI is InChI=1S/C27H23N3O3/c1-17-7-9-20(10-8-17)24-25(29-16-15-19-5-3-4-6-23(19)29)27(33)30(26(24)32)22-13-11-21(12-14-22)28-18(2)31/h3-14H,15-16H2,1-2H3,(H,28,31). The third-order valence-electron chi connectivity index (χ3n) is 6.00. The molecule has 2 heterocycles. The molecule has 3 amide bonds. The van der Waals surface area contributed by atoms with Crippen LogP contribution in [0.2, 0.25) is 0 Å². The Balaban J connectivity index is 1.60. The predicted molar refractivity (Wildman–Crippen MR) is 129 cm³/mol. The molecular weight excluding hydrogens is 414 g/mol. The molecule has 2 aliphatic heterocycles. The molecule has 0 unspecified atom stereocenters.